The number of nitrogens with zero attached hydrogens (tertiary/aromatic N) is 5. The molecule has 0 aromatic carbocycles. The number of hydrogen-bond donors (Lipinski definition) is 1. The standard InChI is InChI=1S/C24H23BrN6O3/c1-16-19(14-29-31(16)21-5-2-17(25)12-28-21)22(32)30-18-3-4-20(27-13-18)23(15-26)6-8-24(9-7-23)33-10-11-34-24/h2-5,12-14H,6-11H2,1H3,(H,30,32). The summed E-state index contributed by atoms with van der Waals surface area (Å²) >= 11 is 3.36. The number of nitriles is 1. The number of nitrogens with one attached hydrogen (secondary N) is 1. The second kappa shape index (κ2) is 8.91. The Morgan fingerprint density at radius 3 is 2.47 bits per heavy atom. The zero-order chi connectivity index (χ0) is 23.8. The first-order valence-electron chi connectivity index (χ1n) is 11.1. The maximum Gasteiger partial charge on any atom is 0.259 e. The van der Waals surface area contributed by atoms with Gasteiger partial charge >= 0.3 is 0 Å². The topological polar surface area (TPSA) is 115 Å². The Morgan fingerprint density at radius 1 is 1.09 bits per heavy atom. The van der Waals surface area contributed by atoms with Crippen LogP contribution in [0.5, 0.6) is 0 Å². The van der Waals surface area contributed by atoms with Gasteiger partial charge in [-0.3, -0.25) is 9.78 Å². The minimum absolute atomic E-state index is 0.291. The third-order valence-corrected chi connectivity index (χ3v) is 7.06. The zero-order valence-electron chi connectivity index (χ0n) is 18.6. The number of rotatable bonds is 4. The molecule has 1 spiro atoms. The smallest absolute Gasteiger partial charge is 0.259 e. The Kier molecular flexibility index (Phi) is 5.93. The molecule has 3 aromatic rings. The summed E-state index contributed by atoms with van der Waals surface area (Å²) < 4.78 is 14.1. The van der Waals surface area contributed by atoms with Crippen LogP contribution < -0.4 is 5.32 Å². The molecule has 1 N–H and O–H groups in total. The van der Waals surface area contributed by atoms with Gasteiger partial charge in [0.25, 0.3) is 5.91 Å². The van der Waals surface area contributed by atoms with Crippen molar-refractivity contribution in [3.63, 3.8) is 0 Å². The van der Waals surface area contributed by atoms with Gasteiger partial charge in [-0.2, -0.15) is 10.4 Å². The zero-order valence-corrected chi connectivity index (χ0v) is 20.2. The van der Waals surface area contributed by atoms with E-state index >= 15 is 0 Å². The molecule has 2 fully saturated rings. The summed E-state index contributed by atoms with van der Waals surface area (Å²) in [6.45, 7) is 3.02. The Balaban J connectivity index is 1.29. The molecule has 1 aliphatic carbocycles. The van der Waals surface area contributed by atoms with Crippen molar-refractivity contribution in [2.45, 2.75) is 43.8 Å². The summed E-state index contributed by atoms with van der Waals surface area (Å²) in [4.78, 5) is 21.7. The van der Waals surface area contributed by atoms with Gasteiger partial charge in [0, 0.05) is 23.5 Å². The number of aromatic nitrogens is 4. The predicted molar refractivity (Wildman–Crippen MR) is 126 cm³/mol. The van der Waals surface area contributed by atoms with Crippen molar-refractivity contribution >= 4 is 27.5 Å². The van der Waals surface area contributed by atoms with Gasteiger partial charge in [0.15, 0.2) is 11.6 Å². The number of halogens is 1. The highest BCUT2D eigenvalue weighted by atomic mass is 79.9. The summed E-state index contributed by atoms with van der Waals surface area (Å²) in [6.07, 6.45) is 7.35. The minimum atomic E-state index is -0.682. The van der Waals surface area contributed by atoms with E-state index in [1.165, 1.54) is 6.20 Å². The number of carbonyl (C=O) groups is 1. The van der Waals surface area contributed by atoms with E-state index in [1.807, 2.05) is 25.1 Å². The molecule has 0 bridgehead atoms. The number of hydrogen-bond acceptors (Lipinski definition) is 7. The Bertz CT molecular complexity index is 1230. The highest BCUT2D eigenvalue weighted by Gasteiger charge is 2.48. The van der Waals surface area contributed by atoms with E-state index in [9.17, 15) is 10.1 Å². The lowest BCUT2D eigenvalue weighted by atomic mass is 9.70. The Hall–Kier alpha value is -3.13. The summed E-state index contributed by atoms with van der Waals surface area (Å²) in [5, 5.41) is 17.2. The van der Waals surface area contributed by atoms with Gasteiger partial charge in [-0.1, -0.05) is 0 Å². The summed E-state index contributed by atoms with van der Waals surface area (Å²) in [5.74, 6) is -0.210. The quantitative estimate of drug-likeness (QED) is 0.549. The number of ether oxygens (including phenoxy) is 2. The monoisotopic (exact) mass is 522 g/mol. The van der Waals surface area contributed by atoms with Crippen molar-refractivity contribution in [2.24, 2.45) is 0 Å². The van der Waals surface area contributed by atoms with Gasteiger partial charge in [0.2, 0.25) is 0 Å². The van der Waals surface area contributed by atoms with E-state index in [4.69, 9.17) is 9.47 Å². The average molecular weight is 523 g/mol. The van der Waals surface area contributed by atoms with Gasteiger partial charge in [0.1, 0.15) is 0 Å². The molecule has 5 rings (SSSR count). The van der Waals surface area contributed by atoms with Crippen molar-refractivity contribution in [3.05, 3.63) is 64.3 Å². The second-order valence-electron chi connectivity index (χ2n) is 8.58. The fourth-order valence-corrected chi connectivity index (χ4v) is 4.81. The lowest BCUT2D eigenvalue weighted by molar-refractivity contribution is -0.182. The predicted octanol–water partition coefficient (Wildman–Crippen LogP) is 4.06. The highest BCUT2D eigenvalue weighted by molar-refractivity contribution is 9.10. The number of carbonyl (C=O) groups excluding carboxylic acids is 1. The molecule has 4 heterocycles. The van der Waals surface area contributed by atoms with Crippen LogP contribution in [-0.2, 0) is 14.9 Å². The fourth-order valence-electron chi connectivity index (χ4n) is 4.57. The SMILES string of the molecule is Cc1c(C(=O)Nc2ccc(C3(C#N)CCC4(CC3)OCCO4)nc2)cnn1-c1ccc(Br)cn1. The maximum absolute atomic E-state index is 12.9. The molecular formula is C24H23BrN6O3. The van der Waals surface area contributed by atoms with E-state index in [0.717, 1.165) is 4.47 Å². The molecule has 1 amide bonds. The molecule has 0 unspecified atom stereocenters. The van der Waals surface area contributed by atoms with Crippen molar-refractivity contribution in [1.29, 1.82) is 5.26 Å². The third-order valence-electron chi connectivity index (χ3n) is 6.59. The van der Waals surface area contributed by atoms with Crippen molar-refractivity contribution < 1.29 is 14.3 Å². The van der Waals surface area contributed by atoms with E-state index in [0.29, 0.717) is 67.4 Å². The van der Waals surface area contributed by atoms with Gasteiger partial charge in [-0.25, -0.2) is 9.67 Å². The number of anilines is 1. The van der Waals surface area contributed by atoms with Gasteiger partial charge in [-0.15, -0.1) is 0 Å². The molecule has 1 aliphatic heterocycles. The van der Waals surface area contributed by atoms with Crippen molar-refractivity contribution in [3.8, 4) is 11.9 Å². The maximum atomic E-state index is 12.9. The van der Waals surface area contributed by atoms with Crippen LogP contribution in [-0.4, -0.2) is 44.7 Å². The van der Waals surface area contributed by atoms with Gasteiger partial charge in [0.05, 0.1) is 59.7 Å². The molecule has 0 atom stereocenters. The molecule has 2 aliphatic rings. The molecule has 174 valence electrons. The normalized spacial score (nSPS) is 18.5. The van der Waals surface area contributed by atoms with Crippen LogP contribution in [0.25, 0.3) is 5.82 Å². The van der Waals surface area contributed by atoms with Crippen molar-refractivity contribution in [2.75, 3.05) is 18.5 Å². The molecule has 1 saturated heterocycles. The lowest BCUT2D eigenvalue weighted by Gasteiger charge is -2.39. The van der Waals surface area contributed by atoms with Crippen LogP contribution in [0.3, 0.4) is 0 Å². The van der Waals surface area contributed by atoms with E-state index in [2.05, 4.69) is 42.4 Å². The van der Waals surface area contributed by atoms with E-state index in [-0.39, 0.29) is 5.91 Å². The summed E-state index contributed by atoms with van der Waals surface area (Å²) in [6, 6.07) is 9.75. The van der Waals surface area contributed by atoms with Crippen LogP contribution in [0.2, 0.25) is 0 Å². The molecule has 9 nitrogen and oxygen atoms in total. The van der Waals surface area contributed by atoms with Crippen molar-refractivity contribution in [1.82, 2.24) is 19.7 Å². The van der Waals surface area contributed by atoms with E-state index < -0.39 is 11.2 Å². The molecule has 10 heteroatoms. The number of amides is 1. The Morgan fingerprint density at radius 2 is 1.85 bits per heavy atom. The second-order valence-corrected chi connectivity index (χ2v) is 9.49. The van der Waals surface area contributed by atoms with Gasteiger partial charge < -0.3 is 14.8 Å². The van der Waals surface area contributed by atoms with Crippen LogP contribution >= 0.6 is 15.9 Å². The molecule has 1 saturated carbocycles. The van der Waals surface area contributed by atoms with Crippen LogP contribution in [0.4, 0.5) is 5.69 Å². The fraction of sp³-hybridized carbons (Fsp3) is 0.375. The molecular weight excluding hydrogens is 500 g/mol. The molecule has 34 heavy (non-hydrogen) atoms. The number of pyridine rings is 2. The Labute approximate surface area is 205 Å². The van der Waals surface area contributed by atoms with E-state index in [1.54, 1.807) is 23.1 Å². The minimum Gasteiger partial charge on any atom is -0.348 e. The van der Waals surface area contributed by atoms with Crippen LogP contribution in [0, 0.1) is 18.3 Å². The highest BCUT2D eigenvalue weighted by Crippen LogP contribution is 2.45. The first kappa shape index (κ1) is 22.7. The summed E-state index contributed by atoms with van der Waals surface area (Å²) in [7, 11) is 0. The largest absolute Gasteiger partial charge is 0.348 e. The molecule has 0 radical (unpaired) electrons. The van der Waals surface area contributed by atoms with Gasteiger partial charge in [-0.05, 0) is 60.0 Å². The van der Waals surface area contributed by atoms with Crippen LogP contribution in [0.15, 0.2) is 47.3 Å². The first-order chi connectivity index (χ1) is 16.4. The summed E-state index contributed by atoms with van der Waals surface area (Å²) in [5.41, 5.74) is 1.68. The molecule has 3 aromatic heterocycles. The average Bonchev–Trinajstić information content (AvgIpc) is 3.48. The first-order valence-corrected chi connectivity index (χ1v) is 11.9. The van der Waals surface area contributed by atoms with Crippen LogP contribution in [0.1, 0.15) is 47.4 Å². The third kappa shape index (κ3) is 4.11. The lowest BCUT2D eigenvalue weighted by Crippen LogP contribution is -2.41.